The maximum absolute atomic E-state index is 11.1. The van der Waals surface area contributed by atoms with E-state index in [1.165, 1.54) is 16.2 Å². The van der Waals surface area contributed by atoms with Gasteiger partial charge in [0.2, 0.25) is 0 Å². The van der Waals surface area contributed by atoms with Crippen molar-refractivity contribution in [1.29, 1.82) is 0 Å². The molecule has 1 N–H and O–H groups in total. The van der Waals surface area contributed by atoms with Crippen molar-refractivity contribution < 1.29 is 9.90 Å². The van der Waals surface area contributed by atoms with Gasteiger partial charge in [0.1, 0.15) is 4.88 Å². The molecule has 18 heavy (non-hydrogen) atoms. The highest BCUT2D eigenvalue weighted by molar-refractivity contribution is 7.12. The zero-order valence-electron chi connectivity index (χ0n) is 10.1. The summed E-state index contributed by atoms with van der Waals surface area (Å²) < 4.78 is 0. The number of hydrogen-bond donors (Lipinski definition) is 1. The van der Waals surface area contributed by atoms with Crippen LogP contribution in [0.25, 0.3) is 0 Å². The van der Waals surface area contributed by atoms with Crippen molar-refractivity contribution in [2.24, 2.45) is 0 Å². The van der Waals surface area contributed by atoms with Crippen molar-refractivity contribution in [3.63, 3.8) is 0 Å². The molecule has 0 spiro atoms. The van der Waals surface area contributed by atoms with Crippen LogP contribution in [0.2, 0.25) is 0 Å². The number of nitrogens with zero attached hydrogens (tertiary/aromatic N) is 1. The Morgan fingerprint density at radius 2 is 2.11 bits per heavy atom. The monoisotopic (exact) mass is 281 g/mol. The lowest BCUT2D eigenvalue weighted by Gasteiger charge is -2.19. The van der Waals surface area contributed by atoms with Gasteiger partial charge in [0, 0.05) is 18.0 Å². The fraction of sp³-hybridized carbons (Fsp3) is 0.308. The first-order chi connectivity index (χ1) is 8.70. The summed E-state index contributed by atoms with van der Waals surface area (Å²) in [5.41, 5.74) is 0.908. The van der Waals surface area contributed by atoms with E-state index >= 15 is 0 Å². The van der Waals surface area contributed by atoms with Gasteiger partial charge >= 0.3 is 5.97 Å². The molecule has 3 nitrogen and oxygen atoms in total. The van der Waals surface area contributed by atoms with E-state index in [1.807, 2.05) is 17.5 Å². The lowest BCUT2D eigenvalue weighted by molar-refractivity contribution is 0.0700. The quantitative estimate of drug-likeness (QED) is 0.880. The van der Waals surface area contributed by atoms with Crippen LogP contribution in [0.1, 0.15) is 27.0 Å². The first kappa shape index (κ1) is 13.3. The van der Waals surface area contributed by atoms with E-state index in [9.17, 15) is 4.79 Å². The van der Waals surface area contributed by atoms with Crippen molar-refractivity contribution in [2.45, 2.75) is 20.0 Å². The highest BCUT2D eigenvalue weighted by atomic mass is 32.1. The van der Waals surface area contributed by atoms with Crippen molar-refractivity contribution in [3.05, 3.63) is 44.3 Å². The molecule has 0 atom stereocenters. The molecule has 0 saturated carbocycles. The van der Waals surface area contributed by atoms with E-state index in [1.54, 1.807) is 11.3 Å². The number of carboxylic acids is 1. The van der Waals surface area contributed by atoms with Gasteiger partial charge in [0.05, 0.1) is 0 Å². The number of hydrogen-bond acceptors (Lipinski definition) is 4. The highest BCUT2D eigenvalue weighted by Gasteiger charge is 2.14. The van der Waals surface area contributed by atoms with E-state index in [0.29, 0.717) is 11.4 Å². The molecule has 0 amide bonds. The fourth-order valence-corrected chi connectivity index (χ4v) is 3.29. The number of carboxylic acid groups (broad SMARTS) is 1. The second kappa shape index (κ2) is 6.13. The molecule has 0 radical (unpaired) electrons. The van der Waals surface area contributed by atoms with Gasteiger partial charge in [-0.3, -0.25) is 4.90 Å². The Kier molecular flexibility index (Phi) is 4.52. The molecule has 0 aromatic carbocycles. The largest absolute Gasteiger partial charge is 0.477 e. The van der Waals surface area contributed by atoms with Gasteiger partial charge in [-0.25, -0.2) is 4.79 Å². The summed E-state index contributed by atoms with van der Waals surface area (Å²) >= 11 is 3.03. The molecule has 0 fully saturated rings. The summed E-state index contributed by atoms with van der Waals surface area (Å²) in [7, 11) is 0. The van der Waals surface area contributed by atoms with E-state index < -0.39 is 5.97 Å². The van der Waals surface area contributed by atoms with E-state index in [-0.39, 0.29) is 0 Å². The average molecular weight is 281 g/mol. The minimum Gasteiger partial charge on any atom is -0.477 e. The molecule has 5 heteroatoms. The zero-order valence-corrected chi connectivity index (χ0v) is 11.8. The molecule has 0 aliphatic rings. The highest BCUT2D eigenvalue weighted by Crippen LogP contribution is 2.20. The van der Waals surface area contributed by atoms with Crippen LogP contribution in [-0.4, -0.2) is 22.5 Å². The molecule has 2 rings (SSSR count). The van der Waals surface area contributed by atoms with Crippen LogP contribution in [0.3, 0.4) is 0 Å². The molecular formula is C13H15NO2S2. The molecule has 0 bridgehead atoms. The van der Waals surface area contributed by atoms with Gasteiger partial charge in [0.25, 0.3) is 0 Å². The molecular weight excluding hydrogens is 266 g/mol. The average Bonchev–Trinajstić information content (AvgIpc) is 2.98. The van der Waals surface area contributed by atoms with Gasteiger partial charge in [-0.2, -0.15) is 0 Å². The van der Waals surface area contributed by atoms with Crippen LogP contribution < -0.4 is 0 Å². The van der Waals surface area contributed by atoms with Crippen molar-refractivity contribution in [3.8, 4) is 0 Å². The van der Waals surface area contributed by atoms with E-state index in [0.717, 1.165) is 18.7 Å². The third-order valence-corrected chi connectivity index (χ3v) is 4.55. The predicted octanol–water partition coefficient (Wildman–Crippen LogP) is 3.53. The van der Waals surface area contributed by atoms with Gasteiger partial charge in [-0.05, 0) is 35.0 Å². The van der Waals surface area contributed by atoms with E-state index in [2.05, 4.69) is 23.3 Å². The van der Waals surface area contributed by atoms with Crippen molar-refractivity contribution in [2.75, 3.05) is 6.54 Å². The Morgan fingerprint density at radius 1 is 1.28 bits per heavy atom. The Labute approximate surface area is 114 Å². The van der Waals surface area contributed by atoms with Gasteiger partial charge in [0.15, 0.2) is 0 Å². The number of aromatic carboxylic acids is 1. The van der Waals surface area contributed by atoms with Crippen LogP contribution in [0, 0.1) is 0 Å². The number of carbonyl (C=O) groups is 1. The van der Waals surface area contributed by atoms with Crippen LogP contribution in [-0.2, 0) is 13.1 Å². The molecule has 0 aliphatic carbocycles. The van der Waals surface area contributed by atoms with Gasteiger partial charge in [-0.1, -0.05) is 13.0 Å². The zero-order chi connectivity index (χ0) is 13.0. The molecule has 2 aromatic rings. The molecule has 2 heterocycles. The standard InChI is InChI=1S/C13H15NO2S2/c1-2-14(9-11-4-3-6-17-11)8-10-5-7-18-12(10)13(15)16/h3-7H,2,8-9H2,1H3,(H,15,16). The molecule has 2 aromatic heterocycles. The second-order valence-corrected chi connectivity index (χ2v) is 5.91. The minimum atomic E-state index is -0.827. The Balaban J connectivity index is 2.06. The van der Waals surface area contributed by atoms with Gasteiger partial charge in [-0.15, -0.1) is 22.7 Å². The molecule has 96 valence electrons. The number of rotatable bonds is 6. The summed E-state index contributed by atoms with van der Waals surface area (Å²) in [6, 6.07) is 6.06. The Morgan fingerprint density at radius 3 is 2.72 bits per heavy atom. The van der Waals surface area contributed by atoms with Crippen LogP contribution >= 0.6 is 22.7 Å². The van der Waals surface area contributed by atoms with Crippen LogP contribution in [0.4, 0.5) is 0 Å². The maximum Gasteiger partial charge on any atom is 0.346 e. The molecule has 0 saturated heterocycles. The summed E-state index contributed by atoms with van der Waals surface area (Å²) in [6.07, 6.45) is 0. The molecule has 0 aliphatic heterocycles. The third-order valence-electron chi connectivity index (χ3n) is 2.74. The summed E-state index contributed by atoms with van der Waals surface area (Å²) in [4.78, 5) is 15.1. The SMILES string of the molecule is CCN(Cc1cccs1)Cc1ccsc1C(=O)O. The Hall–Kier alpha value is -1.17. The second-order valence-electron chi connectivity index (χ2n) is 3.96. The van der Waals surface area contributed by atoms with Crippen LogP contribution in [0.15, 0.2) is 29.0 Å². The summed E-state index contributed by atoms with van der Waals surface area (Å²) in [5.74, 6) is -0.827. The smallest absolute Gasteiger partial charge is 0.346 e. The van der Waals surface area contributed by atoms with Crippen molar-refractivity contribution in [1.82, 2.24) is 4.90 Å². The normalized spacial score (nSPS) is 11.0. The predicted molar refractivity (Wildman–Crippen MR) is 75.4 cm³/mol. The minimum absolute atomic E-state index is 0.458. The van der Waals surface area contributed by atoms with Crippen LogP contribution in [0.5, 0.6) is 0 Å². The topological polar surface area (TPSA) is 40.5 Å². The first-order valence-electron chi connectivity index (χ1n) is 5.75. The molecule has 0 unspecified atom stereocenters. The lowest BCUT2D eigenvalue weighted by atomic mass is 10.2. The fourth-order valence-electron chi connectivity index (χ4n) is 1.79. The third kappa shape index (κ3) is 3.19. The van der Waals surface area contributed by atoms with E-state index in [4.69, 9.17) is 5.11 Å². The first-order valence-corrected chi connectivity index (χ1v) is 7.51. The summed E-state index contributed by atoms with van der Waals surface area (Å²) in [5, 5.41) is 13.0. The summed E-state index contributed by atoms with van der Waals surface area (Å²) in [6.45, 7) is 4.58. The lowest BCUT2D eigenvalue weighted by Crippen LogP contribution is -2.22. The number of thiophene rings is 2. The van der Waals surface area contributed by atoms with Gasteiger partial charge < -0.3 is 5.11 Å². The van der Waals surface area contributed by atoms with Crippen molar-refractivity contribution >= 4 is 28.6 Å². The maximum atomic E-state index is 11.1. The Bertz CT molecular complexity index is 505.